The van der Waals surface area contributed by atoms with Crippen molar-refractivity contribution in [1.82, 2.24) is 9.88 Å². The number of ether oxygens (including phenoxy) is 3. The summed E-state index contributed by atoms with van der Waals surface area (Å²) in [5.41, 5.74) is 0.371. The van der Waals surface area contributed by atoms with E-state index in [1.165, 1.54) is 37.6 Å². The molecule has 1 aromatic carbocycles. The number of nitrogens with zero attached hydrogens (tertiary/aromatic N) is 2. The molecule has 0 atom stereocenters. The van der Waals surface area contributed by atoms with E-state index >= 15 is 0 Å². The number of hydrogen-bond donors (Lipinski definition) is 0. The molecule has 0 unspecified atom stereocenters. The molecule has 3 rings (SSSR count). The van der Waals surface area contributed by atoms with Gasteiger partial charge in [-0.1, -0.05) is 11.6 Å². The van der Waals surface area contributed by atoms with E-state index < -0.39 is 25.4 Å². The second-order valence-corrected chi connectivity index (χ2v) is 6.90. The molecule has 7 nitrogen and oxygen atoms in total. The third-order valence-electron chi connectivity index (χ3n) is 4.36. The van der Waals surface area contributed by atoms with Gasteiger partial charge in [0.1, 0.15) is 29.9 Å². The first-order valence-electron chi connectivity index (χ1n) is 9.09. The van der Waals surface area contributed by atoms with E-state index in [9.17, 15) is 18.4 Å². The zero-order valence-corrected chi connectivity index (χ0v) is 16.8. The van der Waals surface area contributed by atoms with E-state index in [0.717, 1.165) is 6.42 Å². The van der Waals surface area contributed by atoms with Gasteiger partial charge in [0.05, 0.1) is 18.2 Å². The predicted octanol–water partition coefficient (Wildman–Crippen LogP) is 3.85. The summed E-state index contributed by atoms with van der Waals surface area (Å²) >= 11 is 6.21. The minimum Gasteiger partial charge on any atom is -0.485 e. The molecule has 1 aliphatic heterocycles. The number of aromatic nitrogens is 1. The number of alkyl halides is 2. The molecule has 0 aliphatic carbocycles. The maximum Gasteiger partial charge on any atom is 0.338 e. The summed E-state index contributed by atoms with van der Waals surface area (Å²) in [6.07, 6.45) is 0.978. The van der Waals surface area contributed by atoms with Crippen LogP contribution in [0.4, 0.5) is 8.78 Å². The van der Waals surface area contributed by atoms with Crippen molar-refractivity contribution >= 4 is 23.5 Å². The molecule has 0 spiro atoms. The number of methoxy groups -OCH3 is 1. The van der Waals surface area contributed by atoms with Crippen LogP contribution in [0.5, 0.6) is 17.4 Å². The van der Waals surface area contributed by atoms with Gasteiger partial charge in [-0.3, -0.25) is 4.79 Å². The van der Waals surface area contributed by atoms with Crippen LogP contribution >= 0.6 is 11.6 Å². The summed E-state index contributed by atoms with van der Waals surface area (Å²) in [6.45, 7) is -0.711. The minimum atomic E-state index is -1.32. The van der Waals surface area contributed by atoms with Gasteiger partial charge in [0.25, 0.3) is 5.91 Å². The number of esters is 1. The van der Waals surface area contributed by atoms with E-state index in [-0.39, 0.29) is 33.9 Å². The molecule has 10 heteroatoms. The van der Waals surface area contributed by atoms with Crippen molar-refractivity contribution in [1.29, 1.82) is 0 Å². The fourth-order valence-corrected chi connectivity index (χ4v) is 2.87. The Morgan fingerprint density at radius 1 is 1.13 bits per heavy atom. The van der Waals surface area contributed by atoms with Crippen LogP contribution in [0.25, 0.3) is 0 Å². The van der Waals surface area contributed by atoms with Gasteiger partial charge in [-0.25, -0.2) is 18.6 Å². The lowest BCUT2D eigenvalue weighted by molar-refractivity contribution is 0.0598. The Morgan fingerprint density at radius 3 is 2.40 bits per heavy atom. The summed E-state index contributed by atoms with van der Waals surface area (Å²) in [5, 5.41) is 0.0812. The van der Waals surface area contributed by atoms with Crippen LogP contribution in [-0.4, -0.2) is 61.4 Å². The Hall–Kier alpha value is -2.94. The molecule has 1 aromatic heterocycles. The molecule has 1 saturated heterocycles. The third-order valence-corrected chi connectivity index (χ3v) is 4.63. The highest BCUT2D eigenvalue weighted by Crippen LogP contribution is 2.32. The van der Waals surface area contributed by atoms with E-state index in [0.29, 0.717) is 18.7 Å². The largest absolute Gasteiger partial charge is 0.485 e. The number of likely N-dealkylation sites (tertiary alicyclic amines) is 1. The topological polar surface area (TPSA) is 78.0 Å². The monoisotopic (exact) mass is 440 g/mol. The van der Waals surface area contributed by atoms with E-state index in [1.54, 1.807) is 4.90 Å². The van der Waals surface area contributed by atoms with Gasteiger partial charge in [-0.05, 0) is 24.6 Å². The zero-order chi connectivity index (χ0) is 21.7. The first kappa shape index (κ1) is 21.8. The highest BCUT2D eigenvalue weighted by atomic mass is 35.5. The lowest BCUT2D eigenvalue weighted by Gasteiger charge is -2.30. The highest BCUT2D eigenvalue weighted by Gasteiger charge is 2.23. The molecular weight excluding hydrogens is 422 g/mol. The smallest absolute Gasteiger partial charge is 0.338 e. The van der Waals surface area contributed by atoms with Crippen molar-refractivity contribution in [2.24, 2.45) is 0 Å². The predicted molar refractivity (Wildman–Crippen MR) is 104 cm³/mol. The van der Waals surface area contributed by atoms with E-state index in [2.05, 4.69) is 9.72 Å². The van der Waals surface area contributed by atoms with Crippen LogP contribution in [0.15, 0.2) is 30.5 Å². The van der Waals surface area contributed by atoms with Gasteiger partial charge in [-0.2, -0.15) is 0 Å². The number of carbonyl (C=O) groups excluding carboxylic acids is 2. The van der Waals surface area contributed by atoms with E-state index in [1.807, 2.05) is 0 Å². The maximum absolute atomic E-state index is 12.8. The fraction of sp³-hybridized carbons (Fsp3) is 0.350. The Morgan fingerprint density at radius 2 is 1.83 bits per heavy atom. The molecular formula is C20H19ClF2N2O5. The Labute approximate surface area is 176 Å². The second-order valence-electron chi connectivity index (χ2n) is 6.49. The minimum absolute atomic E-state index is 0.00824. The molecule has 0 N–H and O–H groups in total. The Bertz CT molecular complexity index is 935. The number of amides is 1. The molecule has 0 saturated carbocycles. The molecule has 0 bridgehead atoms. The van der Waals surface area contributed by atoms with Gasteiger partial charge < -0.3 is 19.1 Å². The lowest BCUT2D eigenvalue weighted by atomic mass is 10.1. The van der Waals surface area contributed by atoms with Gasteiger partial charge in [0, 0.05) is 25.4 Å². The molecule has 1 aliphatic rings. The first-order valence-corrected chi connectivity index (χ1v) is 9.47. The van der Waals surface area contributed by atoms with Crippen molar-refractivity contribution in [3.05, 3.63) is 46.6 Å². The molecule has 1 amide bonds. The summed E-state index contributed by atoms with van der Waals surface area (Å²) in [7, 11) is 1.19. The number of hydrogen-bond acceptors (Lipinski definition) is 6. The van der Waals surface area contributed by atoms with Crippen molar-refractivity contribution in [3.8, 4) is 17.4 Å². The van der Waals surface area contributed by atoms with Crippen molar-refractivity contribution in [2.75, 3.05) is 33.5 Å². The molecule has 0 radical (unpaired) electrons. The molecule has 2 heterocycles. The van der Waals surface area contributed by atoms with Crippen LogP contribution in [0.1, 0.15) is 27.1 Å². The summed E-state index contributed by atoms with van der Waals surface area (Å²) in [4.78, 5) is 29.9. The zero-order valence-electron chi connectivity index (χ0n) is 16.1. The van der Waals surface area contributed by atoms with Crippen LogP contribution < -0.4 is 9.47 Å². The van der Waals surface area contributed by atoms with E-state index in [4.69, 9.17) is 21.1 Å². The van der Waals surface area contributed by atoms with Crippen molar-refractivity contribution < 1.29 is 32.6 Å². The Balaban J connectivity index is 1.85. The van der Waals surface area contributed by atoms with Crippen LogP contribution in [0.2, 0.25) is 5.02 Å². The molecule has 1 fully saturated rings. The summed E-state index contributed by atoms with van der Waals surface area (Å²) in [5.74, 6) is -0.794. The van der Waals surface area contributed by atoms with Gasteiger partial charge in [0.15, 0.2) is 6.10 Å². The molecule has 2 aromatic rings. The second kappa shape index (κ2) is 9.71. The quantitative estimate of drug-likeness (QED) is 0.580. The lowest BCUT2D eigenvalue weighted by Crippen LogP contribution is -2.42. The average Bonchev–Trinajstić information content (AvgIpc) is 2.71. The van der Waals surface area contributed by atoms with Gasteiger partial charge >= 0.3 is 5.97 Å². The van der Waals surface area contributed by atoms with Crippen LogP contribution in [0, 0.1) is 0 Å². The fourth-order valence-electron chi connectivity index (χ4n) is 2.66. The normalized spacial score (nSPS) is 13.0. The highest BCUT2D eigenvalue weighted by molar-refractivity contribution is 6.32. The SMILES string of the molecule is COC(=O)c1cc(Oc2ncc(C(=O)N3CCC3)cc2Cl)cc(OC(CF)CF)c1. The maximum atomic E-state index is 12.8. The van der Waals surface area contributed by atoms with Crippen LogP contribution in [0.3, 0.4) is 0 Å². The van der Waals surface area contributed by atoms with Crippen LogP contribution in [-0.2, 0) is 4.74 Å². The average molecular weight is 441 g/mol. The summed E-state index contributed by atoms with van der Waals surface area (Å²) < 4.78 is 41.1. The number of halogens is 3. The number of carbonyl (C=O) groups is 2. The standard InChI is InChI=1S/C20H19ClF2N2O5/c1-28-20(27)12-5-14(29-16(9-22)10-23)8-15(6-12)30-18-17(21)7-13(11-24-18)19(26)25-3-2-4-25/h5-8,11,16H,2-4,9-10H2,1H3. The number of pyridine rings is 1. The first-order chi connectivity index (χ1) is 14.4. The third kappa shape index (κ3) is 4.96. The van der Waals surface area contributed by atoms with Gasteiger partial charge in [-0.15, -0.1) is 0 Å². The van der Waals surface area contributed by atoms with Gasteiger partial charge in [0.2, 0.25) is 5.88 Å². The van der Waals surface area contributed by atoms with Crippen molar-refractivity contribution in [3.63, 3.8) is 0 Å². The Kier molecular flexibility index (Phi) is 7.04. The number of benzene rings is 1. The molecule has 30 heavy (non-hydrogen) atoms. The molecule has 160 valence electrons. The number of rotatable bonds is 8. The summed E-state index contributed by atoms with van der Waals surface area (Å²) in [6, 6.07) is 5.40. The van der Waals surface area contributed by atoms with Crippen molar-refractivity contribution in [2.45, 2.75) is 12.5 Å².